The fourth-order valence-electron chi connectivity index (χ4n) is 2.54. The Labute approximate surface area is 136 Å². The van der Waals surface area contributed by atoms with Crippen LogP contribution in [0.2, 0.25) is 0 Å². The lowest BCUT2D eigenvalue weighted by Crippen LogP contribution is -2.33. The van der Waals surface area contributed by atoms with Crippen LogP contribution < -0.4 is 0 Å². The first-order valence-corrected chi connectivity index (χ1v) is 7.80. The molecule has 0 aliphatic heterocycles. The van der Waals surface area contributed by atoms with Crippen molar-refractivity contribution in [1.29, 1.82) is 0 Å². The van der Waals surface area contributed by atoms with Gasteiger partial charge in [-0.05, 0) is 25.3 Å². The summed E-state index contributed by atoms with van der Waals surface area (Å²) in [5.74, 6) is -0.0528. The third-order valence-electron chi connectivity index (χ3n) is 4.10. The largest absolute Gasteiger partial charge is 0.338 e. The van der Waals surface area contributed by atoms with Crippen LogP contribution in [0.1, 0.15) is 24.3 Å². The van der Waals surface area contributed by atoms with Crippen LogP contribution in [0.3, 0.4) is 0 Å². The summed E-state index contributed by atoms with van der Waals surface area (Å²) in [7, 11) is 1.81. The molecule has 0 atom stereocenters. The van der Waals surface area contributed by atoms with Crippen LogP contribution in [0.5, 0.6) is 0 Å². The van der Waals surface area contributed by atoms with Gasteiger partial charge in [-0.2, -0.15) is 0 Å². The summed E-state index contributed by atoms with van der Waals surface area (Å²) < 4.78 is 0. The van der Waals surface area contributed by atoms with Crippen molar-refractivity contribution in [2.24, 2.45) is 0 Å². The van der Waals surface area contributed by atoms with Gasteiger partial charge in [-0.3, -0.25) is 4.79 Å². The molecule has 3 nitrogen and oxygen atoms in total. The third kappa shape index (κ3) is 2.95. The number of fused-ring (bicyclic) bond motifs is 1. The lowest BCUT2D eigenvalue weighted by molar-refractivity contribution is 0.0749. The summed E-state index contributed by atoms with van der Waals surface area (Å²) in [6.07, 6.45) is 0. The molecule has 2 aromatic carbocycles. The van der Waals surface area contributed by atoms with Gasteiger partial charge in [-0.1, -0.05) is 54.6 Å². The molecule has 0 aliphatic rings. The van der Waals surface area contributed by atoms with E-state index in [4.69, 9.17) is 0 Å². The molecule has 3 heteroatoms. The number of hydrogen-bond acceptors (Lipinski definition) is 2. The van der Waals surface area contributed by atoms with Gasteiger partial charge in [0.1, 0.15) is 5.69 Å². The Morgan fingerprint density at radius 1 is 1.00 bits per heavy atom. The minimum Gasteiger partial charge on any atom is -0.338 e. The Hall–Kier alpha value is -2.68. The first-order chi connectivity index (χ1) is 11.1. The highest BCUT2D eigenvalue weighted by Gasteiger charge is 2.18. The van der Waals surface area contributed by atoms with Crippen LogP contribution in [-0.4, -0.2) is 28.9 Å². The van der Waals surface area contributed by atoms with Crippen LogP contribution >= 0.6 is 0 Å². The number of pyridine rings is 1. The predicted molar refractivity (Wildman–Crippen MR) is 94.4 cm³/mol. The van der Waals surface area contributed by atoms with Crippen LogP contribution in [0.4, 0.5) is 0 Å². The first-order valence-electron chi connectivity index (χ1n) is 7.80. The molecule has 0 aliphatic carbocycles. The van der Waals surface area contributed by atoms with Crippen molar-refractivity contribution in [1.82, 2.24) is 9.88 Å². The Kier molecular flexibility index (Phi) is 4.11. The monoisotopic (exact) mass is 304 g/mol. The van der Waals surface area contributed by atoms with Gasteiger partial charge in [0.25, 0.3) is 5.91 Å². The lowest BCUT2D eigenvalue weighted by Gasteiger charge is -2.21. The molecule has 3 rings (SSSR count). The summed E-state index contributed by atoms with van der Waals surface area (Å²) in [4.78, 5) is 19.1. The van der Waals surface area contributed by atoms with Crippen molar-refractivity contribution in [3.05, 3.63) is 66.4 Å². The zero-order valence-corrected chi connectivity index (χ0v) is 13.7. The van der Waals surface area contributed by atoms with E-state index in [9.17, 15) is 4.79 Å². The molecular formula is C20H20N2O. The van der Waals surface area contributed by atoms with Gasteiger partial charge in [-0.25, -0.2) is 4.98 Å². The SMILES string of the molecule is CC(C)N(C)C(=O)c1cc2ccccc2c(-c2ccccc2)n1. The molecule has 0 bridgehead atoms. The van der Waals surface area contributed by atoms with Crippen LogP contribution in [0.15, 0.2) is 60.7 Å². The quantitative estimate of drug-likeness (QED) is 0.719. The molecule has 3 aromatic rings. The molecule has 0 unspecified atom stereocenters. The fraction of sp³-hybridized carbons (Fsp3) is 0.200. The number of amides is 1. The molecule has 116 valence electrons. The second-order valence-electron chi connectivity index (χ2n) is 5.95. The van der Waals surface area contributed by atoms with Crippen molar-refractivity contribution in [2.45, 2.75) is 19.9 Å². The van der Waals surface area contributed by atoms with Crippen LogP contribution in [-0.2, 0) is 0 Å². The number of hydrogen-bond donors (Lipinski definition) is 0. The van der Waals surface area contributed by atoms with Crippen LogP contribution in [0.25, 0.3) is 22.0 Å². The van der Waals surface area contributed by atoms with E-state index in [0.29, 0.717) is 5.69 Å². The number of carbonyl (C=O) groups is 1. The molecule has 1 aromatic heterocycles. The molecule has 0 spiro atoms. The van der Waals surface area contributed by atoms with E-state index in [1.54, 1.807) is 4.90 Å². The van der Waals surface area contributed by atoms with Crippen molar-refractivity contribution < 1.29 is 4.79 Å². The molecule has 0 fully saturated rings. The second-order valence-corrected chi connectivity index (χ2v) is 5.95. The van der Waals surface area contributed by atoms with Gasteiger partial charge < -0.3 is 4.90 Å². The minimum atomic E-state index is -0.0528. The maximum atomic E-state index is 12.7. The third-order valence-corrected chi connectivity index (χ3v) is 4.10. The van der Waals surface area contributed by atoms with E-state index in [1.807, 2.05) is 81.6 Å². The van der Waals surface area contributed by atoms with E-state index in [1.165, 1.54) is 0 Å². The van der Waals surface area contributed by atoms with Crippen molar-refractivity contribution in [2.75, 3.05) is 7.05 Å². The summed E-state index contributed by atoms with van der Waals surface area (Å²) in [5, 5.41) is 2.09. The fourth-order valence-corrected chi connectivity index (χ4v) is 2.54. The first kappa shape index (κ1) is 15.2. The van der Waals surface area contributed by atoms with E-state index in [2.05, 4.69) is 4.98 Å². The highest BCUT2D eigenvalue weighted by molar-refractivity contribution is 6.01. The van der Waals surface area contributed by atoms with Crippen LogP contribution in [0, 0.1) is 0 Å². The average molecular weight is 304 g/mol. The predicted octanol–water partition coefficient (Wildman–Crippen LogP) is 4.38. The van der Waals surface area contributed by atoms with Gasteiger partial charge in [-0.15, -0.1) is 0 Å². The highest BCUT2D eigenvalue weighted by atomic mass is 16.2. The Bertz CT molecular complexity index is 841. The van der Waals surface area contributed by atoms with Gasteiger partial charge in [0, 0.05) is 24.0 Å². The van der Waals surface area contributed by atoms with E-state index >= 15 is 0 Å². The van der Waals surface area contributed by atoms with Gasteiger partial charge in [0.15, 0.2) is 0 Å². The molecule has 0 saturated heterocycles. The maximum absolute atomic E-state index is 12.7. The summed E-state index contributed by atoms with van der Waals surface area (Å²) >= 11 is 0. The lowest BCUT2D eigenvalue weighted by atomic mass is 10.0. The van der Waals surface area contributed by atoms with E-state index in [0.717, 1.165) is 22.0 Å². The molecule has 0 N–H and O–H groups in total. The van der Waals surface area contributed by atoms with Gasteiger partial charge in [0.05, 0.1) is 5.69 Å². The maximum Gasteiger partial charge on any atom is 0.272 e. The zero-order valence-electron chi connectivity index (χ0n) is 13.7. The molecule has 1 amide bonds. The van der Waals surface area contributed by atoms with E-state index in [-0.39, 0.29) is 11.9 Å². The standard InChI is InChI=1S/C20H20N2O/c1-14(2)22(3)20(23)18-13-16-11-7-8-12-17(16)19(21-18)15-9-5-4-6-10-15/h4-14H,1-3H3. The molecule has 1 heterocycles. The molecular weight excluding hydrogens is 284 g/mol. The minimum absolute atomic E-state index is 0.0528. The Morgan fingerprint density at radius 2 is 1.65 bits per heavy atom. The van der Waals surface area contributed by atoms with Crippen molar-refractivity contribution >= 4 is 16.7 Å². The van der Waals surface area contributed by atoms with E-state index < -0.39 is 0 Å². The highest BCUT2D eigenvalue weighted by Crippen LogP contribution is 2.27. The normalized spacial score (nSPS) is 11.0. The van der Waals surface area contributed by atoms with Gasteiger partial charge >= 0.3 is 0 Å². The van der Waals surface area contributed by atoms with Gasteiger partial charge in [0.2, 0.25) is 0 Å². The smallest absolute Gasteiger partial charge is 0.272 e. The summed E-state index contributed by atoms with van der Waals surface area (Å²) in [6.45, 7) is 3.99. The molecule has 23 heavy (non-hydrogen) atoms. The Balaban J connectivity index is 2.21. The summed E-state index contributed by atoms with van der Waals surface area (Å²) in [5.41, 5.74) is 2.36. The average Bonchev–Trinajstić information content (AvgIpc) is 2.60. The van der Waals surface area contributed by atoms with Crippen molar-refractivity contribution in [3.8, 4) is 11.3 Å². The number of rotatable bonds is 3. The Morgan fingerprint density at radius 3 is 2.35 bits per heavy atom. The number of nitrogens with zero attached hydrogens (tertiary/aromatic N) is 2. The number of aromatic nitrogens is 1. The zero-order chi connectivity index (χ0) is 16.4. The summed E-state index contributed by atoms with van der Waals surface area (Å²) in [6, 6.07) is 20.1. The topological polar surface area (TPSA) is 33.2 Å². The molecule has 0 radical (unpaired) electrons. The number of benzene rings is 2. The van der Waals surface area contributed by atoms with Crippen molar-refractivity contribution in [3.63, 3.8) is 0 Å². The molecule has 0 saturated carbocycles. The second kappa shape index (κ2) is 6.21. The number of carbonyl (C=O) groups excluding carboxylic acids is 1.